The van der Waals surface area contributed by atoms with E-state index < -0.39 is 10.8 Å². The number of benzene rings is 1. The van der Waals surface area contributed by atoms with Crippen LogP contribution < -0.4 is 10.5 Å². The number of rotatable bonds is 5. The van der Waals surface area contributed by atoms with Crippen molar-refractivity contribution in [2.45, 2.75) is 49.7 Å². The van der Waals surface area contributed by atoms with Crippen LogP contribution in [-0.4, -0.2) is 16.6 Å². The molecule has 0 saturated heterocycles. The highest BCUT2D eigenvalue weighted by molar-refractivity contribution is 7.84. The SMILES string of the molecule is COc1ccc(CN)cc1CS(=O)C1CCCCC1. The highest BCUT2D eigenvalue weighted by atomic mass is 32.2. The maximum atomic E-state index is 12.5. The molecule has 1 aliphatic rings. The minimum atomic E-state index is -0.800. The zero-order valence-electron chi connectivity index (χ0n) is 11.6. The Morgan fingerprint density at radius 1 is 1.32 bits per heavy atom. The molecule has 1 atom stereocenters. The summed E-state index contributed by atoms with van der Waals surface area (Å²) in [5.41, 5.74) is 7.76. The molecule has 0 aliphatic heterocycles. The van der Waals surface area contributed by atoms with Crippen LogP contribution in [-0.2, 0) is 23.1 Å². The second-order valence-electron chi connectivity index (χ2n) is 5.14. The van der Waals surface area contributed by atoms with Gasteiger partial charge in [0.15, 0.2) is 0 Å². The molecule has 1 saturated carbocycles. The van der Waals surface area contributed by atoms with Gasteiger partial charge in [-0.05, 0) is 30.5 Å². The number of nitrogens with two attached hydrogens (primary N) is 1. The third-order valence-electron chi connectivity index (χ3n) is 3.80. The minimum absolute atomic E-state index is 0.361. The third kappa shape index (κ3) is 3.80. The summed E-state index contributed by atoms with van der Waals surface area (Å²) < 4.78 is 17.8. The lowest BCUT2D eigenvalue weighted by atomic mass is 10.0. The standard InChI is InChI=1S/C15H23NO2S/c1-18-15-8-7-12(10-16)9-13(15)11-19(17)14-5-3-2-4-6-14/h7-9,14H,2-6,10-11,16H2,1H3. The molecule has 1 fully saturated rings. The molecule has 1 aliphatic carbocycles. The first-order valence-corrected chi connectivity index (χ1v) is 8.36. The second-order valence-corrected chi connectivity index (χ2v) is 6.85. The average molecular weight is 281 g/mol. The number of hydrogen-bond acceptors (Lipinski definition) is 3. The van der Waals surface area contributed by atoms with Crippen molar-refractivity contribution in [2.24, 2.45) is 5.73 Å². The van der Waals surface area contributed by atoms with Gasteiger partial charge in [-0.25, -0.2) is 0 Å². The molecule has 2 rings (SSSR count). The zero-order valence-corrected chi connectivity index (χ0v) is 12.4. The van der Waals surface area contributed by atoms with E-state index in [2.05, 4.69) is 0 Å². The first-order valence-electron chi connectivity index (χ1n) is 6.97. The Labute approximate surface area is 118 Å². The van der Waals surface area contributed by atoms with Gasteiger partial charge in [0.1, 0.15) is 5.75 Å². The second kappa shape index (κ2) is 7.06. The molecule has 19 heavy (non-hydrogen) atoms. The van der Waals surface area contributed by atoms with Crippen molar-refractivity contribution in [3.05, 3.63) is 29.3 Å². The lowest BCUT2D eigenvalue weighted by molar-refractivity contribution is 0.411. The molecular weight excluding hydrogens is 258 g/mol. The predicted octanol–water partition coefficient (Wildman–Crippen LogP) is 2.74. The van der Waals surface area contributed by atoms with Crippen molar-refractivity contribution in [1.29, 1.82) is 0 Å². The predicted molar refractivity (Wildman–Crippen MR) is 79.6 cm³/mol. The van der Waals surface area contributed by atoms with Crippen LogP contribution in [0.2, 0.25) is 0 Å². The monoisotopic (exact) mass is 281 g/mol. The maximum absolute atomic E-state index is 12.5. The summed E-state index contributed by atoms with van der Waals surface area (Å²) in [5, 5.41) is 0.361. The molecule has 0 heterocycles. The van der Waals surface area contributed by atoms with E-state index in [1.165, 1.54) is 19.3 Å². The normalized spacial score (nSPS) is 18.2. The summed E-state index contributed by atoms with van der Waals surface area (Å²) in [4.78, 5) is 0. The Morgan fingerprint density at radius 3 is 2.68 bits per heavy atom. The Hall–Kier alpha value is -0.870. The van der Waals surface area contributed by atoms with Crippen molar-refractivity contribution >= 4 is 10.8 Å². The van der Waals surface area contributed by atoms with E-state index in [9.17, 15) is 4.21 Å². The minimum Gasteiger partial charge on any atom is -0.496 e. The van der Waals surface area contributed by atoms with E-state index in [-0.39, 0.29) is 0 Å². The lowest BCUT2D eigenvalue weighted by Crippen LogP contribution is -2.20. The number of ether oxygens (including phenoxy) is 1. The van der Waals surface area contributed by atoms with Crippen LogP contribution >= 0.6 is 0 Å². The molecule has 0 amide bonds. The van der Waals surface area contributed by atoms with Crippen LogP contribution in [0.25, 0.3) is 0 Å². The summed E-state index contributed by atoms with van der Waals surface area (Å²) in [7, 11) is 0.857. The lowest BCUT2D eigenvalue weighted by Gasteiger charge is -2.21. The molecular formula is C15H23NO2S. The smallest absolute Gasteiger partial charge is 0.123 e. The van der Waals surface area contributed by atoms with E-state index in [4.69, 9.17) is 10.5 Å². The van der Waals surface area contributed by atoms with Crippen LogP contribution in [0.1, 0.15) is 43.2 Å². The third-order valence-corrected chi connectivity index (χ3v) is 5.61. The van der Waals surface area contributed by atoms with Gasteiger partial charge in [-0.15, -0.1) is 0 Å². The Bertz CT molecular complexity index is 442. The Kier molecular flexibility index (Phi) is 5.40. The van der Waals surface area contributed by atoms with Gasteiger partial charge in [0.25, 0.3) is 0 Å². The van der Waals surface area contributed by atoms with Gasteiger partial charge in [-0.3, -0.25) is 4.21 Å². The first-order chi connectivity index (χ1) is 9.24. The number of hydrogen-bond donors (Lipinski definition) is 1. The topological polar surface area (TPSA) is 52.3 Å². The Morgan fingerprint density at radius 2 is 2.05 bits per heavy atom. The van der Waals surface area contributed by atoms with E-state index in [0.29, 0.717) is 17.5 Å². The summed E-state index contributed by atoms with van der Waals surface area (Å²) in [5.74, 6) is 1.41. The molecule has 0 bridgehead atoms. The highest BCUT2D eigenvalue weighted by Gasteiger charge is 2.21. The average Bonchev–Trinajstić information content (AvgIpc) is 2.48. The zero-order chi connectivity index (χ0) is 13.7. The Balaban J connectivity index is 2.10. The van der Waals surface area contributed by atoms with Crippen LogP contribution in [0.4, 0.5) is 0 Å². The van der Waals surface area contributed by atoms with Crippen LogP contribution in [0, 0.1) is 0 Å². The van der Waals surface area contributed by atoms with Crippen molar-refractivity contribution in [1.82, 2.24) is 0 Å². The molecule has 0 aromatic heterocycles. The van der Waals surface area contributed by atoms with E-state index in [1.54, 1.807) is 7.11 Å². The molecule has 2 N–H and O–H groups in total. The first kappa shape index (κ1) is 14.5. The molecule has 1 aromatic carbocycles. The fraction of sp³-hybridized carbons (Fsp3) is 0.600. The van der Waals surface area contributed by atoms with Gasteiger partial charge in [0.2, 0.25) is 0 Å². The molecule has 1 aromatic rings. The molecule has 1 unspecified atom stereocenters. The summed E-state index contributed by atoms with van der Waals surface area (Å²) in [6.45, 7) is 0.507. The van der Waals surface area contributed by atoms with Gasteiger partial charge in [0, 0.05) is 28.2 Å². The molecule has 0 spiro atoms. The summed E-state index contributed by atoms with van der Waals surface area (Å²) in [6.07, 6.45) is 5.93. The van der Waals surface area contributed by atoms with E-state index >= 15 is 0 Å². The maximum Gasteiger partial charge on any atom is 0.123 e. The van der Waals surface area contributed by atoms with Gasteiger partial charge in [0.05, 0.1) is 12.9 Å². The molecule has 0 radical (unpaired) electrons. The van der Waals surface area contributed by atoms with Crippen LogP contribution in [0.15, 0.2) is 18.2 Å². The number of methoxy groups -OCH3 is 1. The van der Waals surface area contributed by atoms with Gasteiger partial charge < -0.3 is 10.5 Å². The van der Waals surface area contributed by atoms with Crippen molar-refractivity contribution in [3.8, 4) is 5.75 Å². The summed E-state index contributed by atoms with van der Waals surface area (Å²) >= 11 is 0. The van der Waals surface area contributed by atoms with Crippen molar-refractivity contribution in [2.75, 3.05) is 7.11 Å². The van der Waals surface area contributed by atoms with Gasteiger partial charge in [-0.2, -0.15) is 0 Å². The molecule has 3 nitrogen and oxygen atoms in total. The van der Waals surface area contributed by atoms with Crippen molar-refractivity contribution in [3.63, 3.8) is 0 Å². The summed E-state index contributed by atoms with van der Waals surface area (Å²) in [6, 6.07) is 5.92. The molecule has 106 valence electrons. The van der Waals surface area contributed by atoms with Gasteiger partial charge >= 0.3 is 0 Å². The quantitative estimate of drug-likeness (QED) is 0.903. The molecule has 4 heteroatoms. The highest BCUT2D eigenvalue weighted by Crippen LogP contribution is 2.27. The van der Waals surface area contributed by atoms with Crippen LogP contribution in [0.3, 0.4) is 0 Å². The fourth-order valence-corrected chi connectivity index (χ4v) is 4.30. The fourth-order valence-electron chi connectivity index (χ4n) is 2.67. The van der Waals surface area contributed by atoms with Gasteiger partial charge in [-0.1, -0.05) is 25.3 Å². The van der Waals surface area contributed by atoms with E-state index in [1.807, 2.05) is 18.2 Å². The van der Waals surface area contributed by atoms with E-state index in [0.717, 1.165) is 29.7 Å². The van der Waals surface area contributed by atoms with Crippen LogP contribution in [0.5, 0.6) is 5.75 Å². The largest absolute Gasteiger partial charge is 0.496 e. The van der Waals surface area contributed by atoms with Crippen molar-refractivity contribution < 1.29 is 8.95 Å².